The molecule has 102 valence electrons. The largest absolute Gasteiger partial charge is 0.385 e. The van der Waals surface area contributed by atoms with Crippen LogP contribution in [0.5, 0.6) is 0 Å². The Bertz CT molecular complexity index is 578. The van der Waals surface area contributed by atoms with E-state index in [-0.39, 0.29) is 5.56 Å². The van der Waals surface area contributed by atoms with Gasteiger partial charge < -0.3 is 14.6 Å². The van der Waals surface area contributed by atoms with Gasteiger partial charge in [-0.3, -0.25) is 4.79 Å². The van der Waals surface area contributed by atoms with Crippen molar-refractivity contribution in [2.45, 2.75) is 13.0 Å². The average Bonchev–Trinajstić information content (AvgIpc) is 2.45. The van der Waals surface area contributed by atoms with Crippen LogP contribution in [0.2, 0.25) is 0 Å². The Balaban J connectivity index is 1.94. The molecule has 0 aliphatic carbocycles. The van der Waals surface area contributed by atoms with Gasteiger partial charge in [-0.25, -0.2) is 0 Å². The second kappa shape index (κ2) is 7.07. The molecule has 0 fully saturated rings. The zero-order chi connectivity index (χ0) is 13.5. The molecule has 1 aromatic heterocycles. The minimum atomic E-state index is 0.0804. The van der Waals surface area contributed by atoms with Crippen molar-refractivity contribution in [3.8, 4) is 0 Å². The van der Waals surface area contributed by atoms with Crippen LogP contribution in [0.3, 0.4) is 0 Å². The summed E-state index contributed by atoms with van der Waals surface area (Å²) in [6.07, 6.45) is 2.85. The van der Waals surface area contributed by atoms with Gasteiger partial charge in [0.15, 0.2) is 0 Å². The maximum absolute atomic E-state index is 12.2. The molecule has 0 atom stereocenters. The van der Waals surface area contributed by atoms with Crippen LogP contribution in [0.4, 0.5) is 0 Å². The molecular formula is C15H20N2O2. The van der Waals surface area contributed by atoms with E-state index in [0.717, 1.165) is 36.9 Å². The van der Waals surface area contributed by atoms with Crippen LogP contribution in [0.25, 0.3) is 10.8 Å². The first kappa shape index (κ1) is 13.8. The van der Waals surface area contributed by atoms with Crippen molar-refractivity contribution in [1.29, 1.82) is 0 Å². The summed E-state index contributed by atoms with van der Waals surface area (Å²) in [5.41, 5.74) is 0.0804. The highest BCUT2D eigenvalue weighted by Crippen LogP contribution is 2.07. The van der Waals surface area contributed by atoms with Crippen LogP contribution in [0.1, 0.15) is 6.42 Å². The number of methoxy groups -OCH3 is 1. The molecule has 1 aromatic carbocycles. The molecule has 0 saturated heterocycles. The Morgan fingerprint density at radius 1 is 1.21 bits per heavy atom. The molecule has 0 aliphatic heterocycles. The summed E-state index contributed by atoms with van der Waals surface area (Å²) >= 11 is 0. The molecule has 4 heteroatoms. The van der Waals surface area contributed by atoms with Crippen molar-refractivity contribution < 1.29 is 4.74 Å². The molecule has 2 rings (SSSR count). The number of nitrogens with one attached hydrogen (secondary N) is 1. The van der Waals surface area contributed by atoms with E-state index in [2.05, 4.69) is 5.32 Å². The first-order valence-corrected chi connectivity index (χ1v) is 6.61. The Labute approximate surface area is 113 Å². The number of hydrogen-bond donors (Lipinski definition) is 1. The van der Waals surface area contributed by atoms with Crippen LogP contribution in [-0.2, 0) is 11.3 Å². The van der Waals surface area contributed by atoms with Gasteiger partial charge in [-0.2, -0.15) is 0 Å². The van der Waals surface area contributed by atoms with Crippen molar-refractivity contribution in [1.82, 2.24) is 9.88 Å². The van der Waals surface area contributed by atoms with Gasteiger partial charge in [0.2, 0.25) is 0 Å². The van der Waals surface area contributed by atoms with Crippen molar-refractivity contribution >= 4 is 10.8 Å². The van der Waals surface area contributed by atoms with E-state index < -0.39 is 0 Å². The lowest BCUT2D eigenvalue weighted by Crippen LogP contribution is -2.27. The lowest BCUT2D eigenvalue weighted by molar-refractivity contribution is 0.194. The van der Waals surface area contributed by atoms with Crippen LogP contribution < -0.4 is 10.9 Å². The van der Waals surface area contributed by atoms with E-state index in [9.17, 15) is 4.79 Å². The molecule has 0 saturated carbocycles. The fourth-order valence-corrected chi connectivity index (χ4v) is 2.07. The SMILES string of the molecule is COCCCNCCn1ccc2ccccc2c1=O. The molecule has 0 aliphatic rings. The normalized spacial score (nSPS) is 11.0. The summed E-state index contributed by atoms with van der Waals surface area (Å²) in [6.45, 7) is 3.16. The molecule has 0 bridgehead atoms. The fraction of sp³-hybridized carbons (Fsp3) is 0.400. The highest BCUT2D eigenvalue weighted by molar-refractivity contribution is 5.81. The maximum atomic E-state index is 12.2. The monoisotopic (exact) mass is 260 g/mol. The third-order valence-electron chi connectivity index (χ3n) is 3.12. The minimum absolute atomic E-state index is 0.0804. The summed E-state index contributed by atoms with van der Waals surface area (Å²) in [4.78, 5) is 12.2. The standard InChI is InChI=1S/C15H20N2O2/c1-19-12-4-8-16-9-11-17-10-7-13-5-2-3-6-14(13)15(17)18/h2-3,5-7,10,16H,4,8-9,11-12H2,1H3. The predicted molar refractivity (Wildman–Crippen MR) is 77.6 cm³/mol. The Morgan fingerprint density at radius 3 is 2.89 bits per heavy atom. The topological polar surface area (TPSA) is 43.3 Å². The highest BCUT2D eigenvalue weighted by atomic mass is 16.5. The van der Waals surface area contributed by atoms with Gasteiger partial charge in [0.1, 0.15) is 0 Å². The van der Waals surface area contributed by atoms with Gasteiger partial charge in [-0.05, 0) is 30.5 Å². The summed E-state index contributed by atoms with van der Waals surface area (Å²) in [5, 5.41) is 5.08. The summed E-state index contributed by atoms with van der Waals surface area (Å²) < 4.78 is 6.73. The molecule has 0 unspecified atom stereocenters. The molecule has 19 heavy (non-hydrogen) atoms. The van der Waals surface area contributed by atoms with Crippen molar-refractivity contribution in [3.63, 3.8) is 0 Å². The summed E-state index contributed by atoms with van der Waals surface area (Å²) in [6, 6.07) is 9.67. The van der Waals surface area contributed by atoms with E-state index in [4.69, 9.17) is 4.74 Å². The van der Waals surface area contributed by atoms with Gasteiger partial charge in [0.25, 0.3) is 5.56 Å². The third kappa shape index (κ3) is 3.66. The number of aromatic nitrogens is 1. The molecule has 1 heterocycles. The molecule has 0 amide bonds. The van der Waals surface area contributed by atoms with E-state index in [0.29, 0.717) is 6.54 Å². The van der Waals surface area contributed by atoms with Crippen molar-refractivity contribution in [3.05, 3.63) is 46.9 Å². The lowest BCUT2D eigenvalue weighted by atomic mass is 10.2. The Morgan fingerprint density at radius 2 is 2.05 bits per heavy atom. The second-order valence-corrected chi connectivity index (χ2v) is 4.50. The quantitative estimate of drug-likeness (QED) is 0.769. The van der Waals surface area contributed by atoms with Gasteiger partial charge in [-0.15, -0.1) is 0 Å². The predicted octanol–water partition coefficient (Wildman–Crippen LogP) is 1.63. The minimum Gasteiger partial charge on any atom is -0.385 e. The number of ether oxygens (including phenoxy) is 1. The molecule has 1 N–H and O–H groups in total. The van der Waals surface area contributed by atoms with Gasteiger partial charge in [0, 0.05) is 38.4 Å². The zero-order valence-electron chi connectivity index (χ0n) is 11.3. The third-order valence-corrected chi connectivity index (χ3v) is 3.12. The number of pyridine rings is 1. The smallest absolute Gasteiger partial charge is 0.258 e. The van der Waals surface area contributed by atoms with E-state index in [1.165, 1.54) is 0 Å². The van der Waals surface area contributed by atoms with Crippen molar-refractivity contribution in [2.75, 3.05) is 26.8 Å². The fourth-order valence-electron chi connectivity index (χ4n) is 2.07. The second-order valence-electron chi connectivity index (χ2n) is 4.50. The van der Waals surface area contributed by atoms with Crippen molar-refractivity contribution in [2.24, 2.45) is 0 Å². The zero-order valence-corrected chi connectivity index (χ0v) is 11.3. The maximum Gasteiger partial charge on any atom is 0.258 e. The van der Waals surface area contributed by atoms with Crippen LogP contribution in [-0.4, -0.2) is 31.4 Å². The van der Waals surface area contributed by atoms with E-state index in [1.807, 2.05) is 36.5 Å². The van der Waals surface area contributed by atoms with E-state index >= 15 is 0 Å². The first-order chi connectivity index (χ1) is 9.33. The van der Waals surface area contributed by atoms with Gasteiger partial charge >= 0.3 is 0 Å². The number of rotatable bonds is 7. The number of benzene rings is 1. The highest BCUT2D eigenvalue weighted by Gasteiger charge is 2.01. The molecule has 0 spiro atoms. The molecule has 0 radical (unpaired) electrons. The number of fused-ring (bicyclic) bond motifs is 1. The Hall–Kier alpha value is -1.65. The van der Waals surface area contributed by atoms with Crippen LogP contribution >= 0.6 is 0 Å². The molecule has 4 nitrogen and oxygen atoms in total. The summed E-state index contributed by atoms with van der Waals surface area (Å²) in [7, 11) is 1.70. The van der Waals surface area contributed by atoms with Crippen LogP contribution in [0.15, 0.2) is 41.3 Å². The average molecular weight is 260 g/mol. The molecule has 2 aromatic rings. The molecular weight excluding hydrogens is 240 g/mol. The van der Waals surface area contributed by atoms with Crippen LogP contribution in [0, 0.1) is 0 Å². The Kier molecular flexibility index (Phi) is 5.12. The van der Waals surface area contributed by atoms with Gasteiger partial charge in [0.05, 0.1) is 0 Å². The first-order valence-electron chi connectivity index (χ1n) is 6.61. The van der Waals surface area contributed by atoms with E-state index in [1.54, 1.807) is 11.7 Å². The summed E-state index contributed by atoms with van der Waals surface area (Å²) in [5.74, 6) is 0. The lowest BCUT2D eigenvalue weighted by Gasteiger charge is -2.08. The van der Waals surface area contributed by atoms with Gasteiger partial charge in [-0.1, -0.05) is 18.2 Å². The number of hydrogen-bond acceptors (Lipinski definition) is 3. The number of nitrogens with zero attached hydrogens (tertiary/aromatic N) is 1.